The van der Waals surface area contributed by atoms with E-state index in [1.54, 1.807) is 0 Å². The SMILES string of the molecule is CC1=[N+](C)C(C)(C)C(C)(C)N1C.Cc1c(C)[n+](C)c(C)n1C.Cc1c(C)c(C)[n+](C)c(C)c1C.Cc1c(C)n(C)[n+](C)c1C.Cc1n[n+](C)c(C)c(C)c1C.Cc1nc(C)[n+](C)c(C)c1C.Cc1nc(C)c(C)[n+](C)c1C.Cc1nn(C)c(C)[n+]1C.Cc1oc(C)[n+](C)c1C.Cc1sc(C)[n+](C)c1C. The summed E-state index contributed by atoms with van der Waals surface area (Å²) in [5.74, 6) is 7.92. The van der Waals surface area contributed by atoms with Crippen LogP contribution in [-0.2, 0) is 84.6 Å². The highest BCUT2D eigenvalue weighted by Crippen LogP contribution is 2.35. The molecule has 0 radical (unpaired) electrons. The molecule has 0 unspecified atom stereocenters. The highest BCUT2D eigenvalue weighted by Gasteiger charge is 2.55. The molecule has 9 aromatic rings. The minimum absolute atomic E-state index is 0.214. The third-order valence-corrected chi connectivity index (χ3v) is 26.1. The molecule has 0 saturated carbocycles. The average Bonchev–Trinajstić information content (AvgIpc) is 1.59. The van der Waals surface area contributed by atoms with E-state index in [4.69, 9.17) is 4.42 Å². The fourth-order valence-electron chi connectivity index (χ4n) is 11.8. The Morgan fingerprint density at radius 2 is 0.817 bits per heavy atom. The predicted molar refractivity (Wildman–Crippen MR) is 426 cm³/mol. The number of hydrogen-bond donors (Lipinski definition) is 0. The van der Waals surface area contributed by atoms with Crippen molar-refractivity contribution in [3.63, 3.8) is 0 Å². The van der Waals surface area contributed by atoms with Crippen LogP contribution in [0.3, 0.4) is 0 Å². The molecule has 1 aliphatic rings. The van der Waals surface area contributed by atoms with E-state index in [9.17, 15) is 0 Å². The maximum absolute atomic E-state index is 5.31. The molecule has 104 heavy (non-hydrogen) atoms. The topological polar surface area (TPSA) is 121 Å². The summed E-state index contributed by atoms with van der Waals surface area (Å²) in [4.78, 5) is 12.6. The van der Waals surface area contributed by atoms with Crippen LogP contribution >= 0.6 is 11.3 Å². The number of aryl methyl sites for hydroxylation is 12. The molecule has 20 heteroatoms. The molecule has 19 nitrogen and oxygen atoms in total. The van der Waals surface area contributed by atoms with Crippen LogP contribution in [0.15, 0.2) is 4.42 Å². The summed E-state index contributed by atoms with van der Waals surface area (Å²) in [6.07, 6.45) is 0. The highest BCUT2D eigenvalue weighted by atomic mass is 32.1. The highest BCUT2D eigenvalue weighted by molar-refractivity contribution is 7.11. The molecule has 0 spiro atoms. The Bertz CT molecular complexity index is 3780. The Kier molecular flexibility index (Phi) is 34.9. The van der Waals surface area contributed by atoms with Gasteiger partial charge in [-0.3, -0.25) is 9.48 Å². The first-order valence-corrected chi connectivity index (χ1v) is 37.5. The van der Waals surface area contributed by atoms with Gasteiger partial charge in [-0.05, 0) is 134 Å². The minimum atomic E-state index is 0.214. The van der Waals surface area contributed by atoms with Gasteiger partial charge < -0.3 is 4.42 Å². The number of oxazole rings is 1. The van der Waals surface area contributed by atoms with Crippen LogP contribution in [0, 0.1) is 215 Å². The molecule has 0 atom stereocenters. The van der Waals surface area contributed by atoms with Crippen molar-refractivity contribution in [2.24, 2.45) is 84.6 Å². The van der Waals surface area contributed by atoms with Gasteiger partial charge in [-0.1, -0.05) is 21.0 Å². The molecule has 1 aliphatic heterocycles. The lowest BCUT2D eigenvalue weighted by molar-refractivity contribution is -0.756. The zero-order valence-electron chi connectivity index (χ0n) is 75.9. The van der Waals surface area contributed by atoms with Crippen LogP contribution < -0.4 is 41.3 Å². The standard InChI is InChI=1S/C11H18N.C10H21N2.3C9H15N2.2C8H15N2.C7H12NO.C7H12NS.C6H12N3/c1-7-8(2)10(4)12(6)11(5)9(7)3;1-8-11(6)9(2,3)10(4,5)12(8)7;1-6-8(3)11(5)9(4)7(2)10-6;1-6-7(2)10-9(4)11(5)8(6)3;1-6-7(2)9(4)11(5)10-8(6)3;1-6-7(2)10(5)8(3)9(6)4;1-6-7(2)9(4)10(5)8(6)3;2*1-5-6(2)9-7(3)8(5)4;1-5-7-9(4)6(2)8(5)3/h1-6H3;1-7H3;3*1-5H3;2*1-5H3;3*1-4H3/q10*+1. The lowest BCUT2D eigenvalue weighted by Crippen LogP contribution is -2.53. The smallest absolute Gasteiger partial charge is 0.343 e. The van der Waals surface area contributed by atoms with Gasteiger partial charge in [-0.2, -0.15) is 18.4 Å². The first kappa shape index (κ1) is 94.3. The van der Waals surface area contributed by atoms with E-state index in [2.05, 4.69) is 321 Å². The summed E-state index contributed by atoms with van der Waals surface area (Å²) < 4.78 is 33.1. The van der Waals surface area contributed by atoms with E-state index < -0.39 is 0 Å². The van der Waals surface area contributed by atoms with Gasteiger partial charge in [0.05, 0.1) is 73.9 Å². The Morgan fingerprint density at radius 1 is 0.365 bits per heavy atom. The maximum Gasteiger partial charge on any atom is 0.343 e. The van der Waals surface area contributed by atoms with Crippen molar-refractivity contribution in [2.75, 3.05) is 14.1 Å². The second kappa shape index (κ2) is 38.5. The molecule has 9 aromatic heterocycles. The van der Waals surface area contributed by atoms with Gasteiger partial charge in [-0.25, -0.2) is 27.8 Å². The van der Waals surface area contributed by atoms with Gasteiger partial charge >= 0.3 is 5.89 Å². The summed E-state index contributed by atoms with van der Waals surface area (Å²) in [5, 5.41) is 9.92. The van der Waals surface area contributed by atoms with Crippen LogP contribution in [0.5, 0.6) is 0 Å². The first-order valence-electron chi connectivity index (χ1n) is 36.6. The third-order valence-electron chi connectivity index (χ3n) is 24.9. The molecule has 0 bridgehead atoms. The Balaban J connectivity index is 0.000000579. The molecule has 0 aliphatic carbocycles. The van der Waals surface area contributed by atoms with Crippen LogP contribution in [0.25, 0.3) is 0 Å². The molecule has 0 aromatic carbocycles. The fourth-order valence-corrected chi connectivity index (χ4v) is 12.8. The largest absolute Gasteiger partial charge is 0.407 e. The molecule has 0 saturated heterocycles. The van der Waals surface area contributed by atoms with Gasteiger partial charge in [0.25, 0.3) is 17.5 Å². The molecule has 10 heterocycles. The van der Waals surface area contributed by atoms with Gasteiger partial charge in [-0.15, -0.1) is 9.36 Å². The van der Waals surface area contributed by atoms with Crippen molar-refractivity contribution >= 4 is 17.2 Å². The number of rotatable bonds is 0. The van der Waals surface area contributed by atoms with Gasteiger partial charge in [0.1, 0.15) is 73.4 Å². The van der Waals surface area contributed by atoms with Crippen molar-refractivity contribution in [1.82, 2.24) is 39.0 Å². The quantitative estimate of drug-likeness (QED) is 0.139. The zero-order chi connectivity index (χ0) is 81.8. The van der Waals surface area contributed by atoms with E-state index in [1.807, 2.05) is 123 Å². The van der Waals surface area contributed by atoms with Crippen LogP contribution in [0.4, 0.5) is 0 Å². The van der Waals surface area contributed by atoms with Crippen molar-refractivity contribution in [3.05, 3.63) is 175 Å². The second-order valence-electron chi connectivity index (χ2n) is 30.1. The average molecular weight is 1460 g/mol. The number of hydrogen-bond acceptors (Lipinski definition) is 7. The minimum Gasteiger partial charge on any atom is -0.407 e. The van der Waals surface area contributed by atoms with Gasteiger partial charge in [0.2, 0.25) is 33.7 Å². The van der Waals surface area contributed by atoms with E-state index in [0.29, 0.717) is 0 Å². The first-order chi connectivity index (χ1) is 47.3. The van der Waals surface area contributed by atoms with Crippen LogP contribution in [0.2, 0.25) is 0 Å². The number of imidazole rings is 1. The predicted octanol–water partition coefficient (Wildman–Crippen LogP) is 11.0. The summed E-state index contributed by atoms with van der Waals surface area (Å²) >= 11 is 1.86. The molecule has 0 amide bonds. The zero-order valence-corrected chi connectivity index (χ0v) is 76.7. The van der Waals surface area contributed by atoms with Crippen molar-refractivity contribution < 1.29 is 50.3 Å². The van der Waals surface area contributed by atoms with Gasteiger partial charge in [0.15, 0.2) is 54.0 Å². The number of aromatic nitrogens is 16. The van der Waals surface area contributed by atoms with E-state index in [-0.39, 0.29) is 11.1 Å². The number of pyridine rings is 1. The Morgan fingerprint density at radius 3 is 1.07 bits per heavy atom. The molecule has 0 fully saturated rings. The van der Waals surface area contributed by atoms with Crippen molar-refractivity contribution in [1.29, 1.82) is 0 Å². The van der Waals surface area contributed by atoms with E-state index >= 15 is 0 Å². The van der Waals surface area contributed by atoms with Crippen molar-refractivity contribution in [2.45, 2.75) is 260 Å². The summed E-state index contributed by atoms with van der Waals surface area (Å²) in [5.41, 5.74) is 30.3. The number of nitrogens with zero attached hydrogens (tertiary/aromatic N) is 18. The molecular formula is C84H150N18OS+10. The number of amidine groups is 1. The molecular weight excluding hydrogens is 1310 g/mol. The van der Waals surface area contributed by atoms with Gasteiger partial charge in [0, 0.05) is 158 Å². The fraction of sp³-hybridized carbons (Fsp3) is 0.619. The molecule has 10 rings (SSSR count). The van der Waals surface area contributed by atoms with E-state index in [1.165, 1.54) is 135 Å². The monoisotopic (exact) mass is 1460 g/mol. The normalized spacial score (nSPS) is 12.2. The second-order valence-corrected chi connectivity index (χ2v) is 31.5. The van der Waals surface area contributed by atoms with Crippen molar-refractivity contribution in [3.8, 4) is 0 Å². The summed E-state index contributed by atoms with van der Waals surface area (Å²) in [6, 6.07) is 0. The molecule has 578 valence electrons. The lowest BCUT2D eigenvalue weighted by Gasteiger charge is -2.34. The van der Waals surface area contributed by atoms with Crippen LogP contribution in [-0.4, -0.2) is 74.6 Å². The molecule has 0 N–H and O–H groups in total. The number of thiazole rings is 1. The summed E-state index contributed by atoms with van der Waals surface area (Å²) in [6.45, 7) is 76.6. The van der Waals surface area contributed by atoms with E-state index in [0.717, 1.165) is 46.1 Å². The lowest BCUT2D eigenvalue weighted by atomic mass is 9.83. The summed E-state index contributed by atoms with van der Waals surface area (Å²) in [7, 11) is 29.0. The third kappa shape index (κ3) is 21.9. The number of likely N-dealkylation sites (N-methyl/N-ethyl adjacent to an activating group) is 2. The Labute approximate surface area is 636 Å². The maximum atomic E-state index is 5.31. The Hall–Kier alpha value is -7.74. The van der Waals surface area contributed by atoms with Crippen LogP contribution in [0.1, 0.15) is 209 Å².